The number of nitriles is 1. The lowest BCUT2D eigenvalue weighted by Crippen LogP contribution is -2.46. The van der Waals surface area contributed by atoms with Crippen LogP contribution in [-0.2, 0) is 0 Å². The van der Waals surface area contributed by atoms with Crippen LogP contribution in [0.4, 0.5) is 32.0 Å². The molecule has 0 radical (unpaired) electrons. The van der Waals surface area contributed by atoms with Crippen LogP contribution < -0.4 is 4.74 Å². The number of benzene rings is 1. The average Bonchev–Trinajstić information content (AvgIpc) is 2.32. The van der Waals surface area contributed by atoms with E-state index in [1.54, 1.807) is 0 Å². The number of nitro groups is 1. The van der Waals surface area contributed by atoms with Gasteiger partial charge in [-0.05, 0) is 6.07 Å². The molecule has 1 rings (SSSR count). The van der Waals surface area contributed by atoms with Crippen LogP contribution in [0.15, 0.2) is 18.2 Å². The Morgan fingerprint density at radius 1 is 1.19 bits per heavy atom. The lowest BCUT2D eigenvalue weighted by Gasteiger charge is -2.23. The van der Waals surface area contributed by atoms with E-state index in [0.717, 1.165) is 0 Å². The van der Waals surface area contributed by atoms with Crippen LogP contribution in [0.2, 0.25) is 0 Å². The van der Waals surface area contributed by atoms with Crippen molar-refractivity contribution >= 4 is 5.69 Å². The summed E-state index contributed by atoms with van der Waals surface area (Å²) in [7, 11) is 0. The first-order valence-corrected chi connectivity index (χ1v) is 4.95. The number of hydrogen-bond acceptors (Lipinski definition) is 4. The number of halogens is 6. The minimum atomic E-state index is -5.73. The molecule has 11 heteroatoms. The van der Waals surface area contributed by atoms with E-state index in [1.165, 1.54) is 6.07 Å². The molecule has 0 aliphatic carbocycles. The van der Waals surface area contributed by atoms with E-state index in [9.17, 15) is 36.5 Å². The van der Waals surface area contributed by atoms with Crippen molar-refractivity contribution in [3.05, 3.63) is 33.9 Å². The predicted molar refractivity (Wildman–Crippen MR) is 54.3 cm³/mol. The molecular formula is C10H4F6N2O3. The van der Waals surface area contributed by atoms with Crippen molar-refractivity contribution in [3.8, 4) is 11.8 Å². The van der Waals surface area contributed by atoms with Crippen LogP contribution in [-0.4, -0.2) is 23.4 Å². The van der Waals surface area contributed by atoms with Crippen molar-refractivity contribution in [1.29, 1.82) is 5.26 Å². The van der Waals surface area contributed by atoms with Gasteiger partial charge in [0.05, 0.1) is 4.92 Å². The van der Waals surface area contributed by atoms with Gasteiger partial charge in [0.1, 0.15) is 17.4 Å². The van der Waals surface area contributed by atoms with Gasteiger partial charge in [0.15, 0.2) is 0 Å². The number of ether oxygens (including phenoxy) is 1. The van der Waals surface area contributed by atoms with Crippen LogP contribution in [0.25, 0.3) is 0 Å². The van der Waals surface area contributed by atoms with Crippen LogP contribution >= 0.6 is 0 Å². The summed E-state index contributed by atoms with van der Waals surface area (Å²) in [5.41, 5.74) is -1.49. The third kappa shape index (κ3) is 3.98. The number of alkyl halides is 6. The Balaban J connectivity index is 3.18. The van der Waals surface area contributed by atoms with Gasteiger partial charge in [-0.15, -0.1) is 0 Å². The Bertz CT molecular complexity index is 576. The van der Waals surface area contributed by atoms with E-state index >= 15 is 0 Å². The summed E-state index contributed by atoms with van der Waals surface area (Å²) in [6.07, 6.45) is -15.6. The van der Waals surface area contributed by atoms with Crippen molar-refractivity contribution in [3.63, 3.8) is 0 Å². The van der Waals surface area contributed by atoms with Crippen molar-refractivity contribution in [2.75, 3.05) is 0 Å². The summed E-state index contributed by atoms with van der Waals surface area (Å²) in [6, 6.07) is 2.84. The highest BCUT2D eigenvalue weighted by Crippen LogP contribution is 2.37. The Kier molecular flexibility index (Phi) is 4.31. The molecule has 0 saturated carbocycles. The number of nitro benzene ring substituents is 1. The second-order valence-electron chi connectivity index (χ2n) is 3.63. The van der Waals surface area contributed by atoms with E-state index < -0.39 is 40.4 Å². The zero-order chi connectivity index (χ0) is 16.4. The van der Waals surface area contributed by atoms with Crippen LogP contribution in [0.3, 0.4) is 0 Å². The topological polar surface area (TPSA) is 76.2 Å². The Hall–Kier alpha value is -2.51. The van der Waals surface area contributed by atoms with Gasteiger partial charge in [0, 0.05) is 12.1 Å². The van der Waals surface area contributed by atoms with Gasteiger partial charge < -0.3 is 4.74 Å². The monoisotopic (exact) mass is 314 g/mol. The fraction of sp³-hybridized carbons (Fsp3) is 0.300. The van der Waals surface area contributed by atoms with Crippen molar-refractivity contribution in [2.45, 2.75) is 18.5 Å². The van der Waals surface area contributed by atoms with Crippen molar-refractivity contribution in [1.82, 2.24) is 0 Å². The molecule has 0 unspecified atom stereocenters. The Morgan fingerprint density at radius 3 is 2.10 bits per heavy atom. The second kappa shape index (κ2) is 5.47. The standard InChI is InChI=1S/C10H4F6N2O3/c11-9(12,13)8(10(14,15)16)21-6-1-2-7(18(19)20)5(3-6)4-17/h1-3,8H. The highest BCUT2D eigenvalue weighted by atomic mass is 19.4. The fourth-order valence-corrected chi connectivity index (χ4v) is 1.29. The molecular weight excluding hydrogens is 310 g/mol. The van der Waals surface area contributed by atoms with Crippen LogP contribution in [0, 0.1) is 21.4 Å². The zero-order valence-corrected chi connectivity index (χ0v) is 9.70. The quantitative estimate of drug-likeness (QED) is 0.487. The van der Waals surface area contributed by atoms with Crippen molar-refractivity contribution in [2.24, 2.45) is 0 Å². The molecule has 0 fully saturated rings. The maximum absolute atomic E-state index is 12.3. The first-order chi connectivity index (χ1) is 9.46. The van der Waals surface area contributed by atoms with Gasteiger partial charge in [-0.3, -0.25) is 10.1 Å². The molecule has 0 spiro atoms. The van der Waals surface area contributed by atoms with Crippen LogP contribution in [0.1, 0.15) is 5.56 Å². The molecule has 0 aliphatic rings. The largest absolute Gasteiger partial charge is 0.471 e. The number of nitrogens with zero attached hydrogens (tertiary/aromatic N) is 2. The zero-order valence-electron chi connectivity index (χ0n) is 9.70. The molecule has 114 valence electrons. The molecule has 0 bridgehead atoms. The van der Waals surface area contributed by atoms with Gasteiger partial charge in [-0.2, -0.15) is 31.6 Å². The molecule has 0 saturated heterocycles. The highest BCUT2D eigenvalue weighted by molar-refractivity contribution is 5.52. The lowest BCUT2D eigenvalue weighted by atomic mass is 10.2. The summed E-state index contributed by atoms with van der Waals surface area (Å²) in [5.74, 6) is -0.961. The SMILES string of the molecule is N#Cc1cc(OC(C(F)(F)F)C(F)(F)F)ccc1[N+](=O)[O-]. The van der Waals surface area contributed by atoms with E-state index in [-0.39, 0.29) is 0 Å². The molecule has 0 N–H and O–H groups in total. The maximum Gasteiger partial charge on any atom is 0.434 e. The predicted octanol–water partition coefficient (Wildman–Crippen LogP) is 3.34. The van der Waals surface area contributed by atoms with E-state index in [1.807, 2.05) is 0 Å². The van der Waals surface area contributed by atoms with E-state index in [2.05, 4.69) is 4.74 Å². The number of hydrogen-bond donors (Lipinski definition) is 0. The van der Waals surface area contributed by atoms with E-state index in [4.69, 9.17) is 5.26 Å². The third-order valence-corrected chi connectivity index (χ3v) is 2.13. The van der Waals surface area contributed by atoms with Gasteiger partial charge in [0.25, 0.3) is 11.8 Å². The molecule has 21 heavy (non-hydrogen) atoms. The molecule has 0 amide bonds. The number of rotatable bonds is 3. The summed E-state index contributed by atoms with van der Waals surface area (Å²) >= 11 is 0. The van der Waals surface area contributed by atoms with E-state index in [0.29, 0.717) is 18.2 Å². The summed E-state index contributed by atoms with van der Waals surface area (Å²) < 4.78 is 77.4. The molecule has 0 heterocycles. The summed E-state index contributed by atoms with van der Waals surface area (Å²) in [5, 5.41) is 19.1. The molecule has 0 atom stereocenters. The van der Waals surface area contributed by atoms with Crippen molar-refractivity contribution < 1.29 is 36.0 Å². The normalized spacial score (nSPS) is 12.1. The molecule has 5 nitrogen and oxygen atoms in total. The van der Waals surface area contributed by atoms with Gasteiger partial charge in [-0.25, -0.2) is 0 Å². The smallest absolute Gasteiger partial charge is 0.434 e. The lowest BCUT2D eigenvalue weighted by molar-refractivity contribution is -0.385. The first kappa shape index (κ1) is 16.5. The fourth-order valence-electron chi connectivity index (χ4n) is 1.29. The molecule has 0 aromatic heterocycles. The molecule has 1 aromatic carbocycles. The Labute approximate surface area is 112 Å². The summed E-state index contributed by atoms with van der Waals surface area (Å²) in [6.45, 7) is 0. The molecule has 1 aromatic rings. The first-order valence-electron chi connectivity index (χ1n) is 4.95. The second-order valence-corrected chi connectivity index (χ2v) is 3.63. The maximum atomic E-state index is 12.3. The summed E-state index contributed by atoms with van der Waals surface area (Å²) in [4.78, 5) is 9.48. The minimum absolute atomic E-state index is 0.433. The average molecular weight is 314 g/mol. The third-order valence-electron chi connectivity index (χ3n) is 2.13. The van der Waals surface area contributed by atoms with Gasteiger partial charge in [-0.1, -0.05) is 0 Å². The van der Waals surface area contributed by atoms with Gasteiger partial charge in [0.2, 0.25) is 0 Å². The Morgan fingerprint density at radius 2 is 1.71 bits per heavy atom. The van der Waals surface area contributed by atoms with Crippen LogP contribution in [0.5, 0.6) is 5.75 Å². The molecule has 0 aliphatic heterocycles. The van der Waals surface area contributed by atoms with Gasteiger partial charge >= 0.3 is 12.4 Å². The highest BCUT2D eigenvalue weighted by Gasteiger charge is 2.59. The minimum Gasteiger partial charge on any atom is -0.471 e.